The number of aliphatic carboxylic acids is 2. The van der Waals surface area contributed by atoms with Crippen molar-refractivity contribution in [2.75, 3.05) is 13.1 Å². The molecule has 2 saturated heterocycles. The van der Waals surface area contributed by atoms with Gasteiger partial charge in [-0.1, -0.05) is 0 Å². The zero-order chi connectivity index (χ0) is 26.3. The van der Waals surface area contributed by atoms with Crippen LogP contribution in [-0.2, 0) is 19.2 Å². The molecule has 0 radical (unpaired) electrons. The highest BCUT2D eigenvalue weighted by atomic mass is 16.4. The van der Waals surface area contributed by atoms with Gasteiger partial charge in [0.1, 0.15) is 0 Å². The molecule has 4 N–H and O–H groups in total. The molecule has 2 amide bonds. The van der Waals surface area contributed by atoms with Crippen LogP contribution in [0.15, 0.2) is 0 Å². The van der Waals surface area contributed by atoms with Crippen molar-refractivity contribution in [1.29, 1.82) is 0 Å². The molecule has 0 spiro atoms. The average Bonchev–Trinajstić information content (AvgIpc) is 2.58. The number of piperidine rings is 2. The molecule has 0 aromatic rings. The van der Waals surface area contributed by atoms with Gasteiger partial charge in [0, 0.05) is 47.3 Å². The summed E-state index contributed by atoms with van der Waals surface area (Å²) >= 11 is 0. The van der Waals surface area contributed by atoms with E-state index in [0.29, 0.717) is 25.7 Å². The number of rotatable bonds is 5. The summed E-state index contributed by atoms with van der Waals surface area (Å²) in [5.41, 5.74) is -1.32. The lowest BCUT2D eigenvalue weighted by Crippen LogP contribution is -2.65. The van der Waals surface area contributed by atoms with Crippen LogP contribution in [0.4, 0.5) is 0 Å². The van der Waals surface area contributed by atoms with Crippen LogP contribution in [0.3, 0.4) is 0 Å². The van der Waals surface area contributed by atoms with Gasteiger partial charge in [-0.25, -0.2) is 9.59 Å². The molecule has 10 heteroatoms. The van der Waals surface area contributed by atoms with Gasteiger partial charge in [-0.05, 0) is 81.1 Å². The van der Waals surface area contributed by atoms with Crippen LogP contribution < -0.4 is 10.6 Å². The molecule has 10 nitrogen and oxygen atoms in total. The van der Waals surface area contributed by atoms with Gasteiger partial charge < -0.3 is 30.6 Å². The highest BCUT2D eigenvalue weighted by Gasteiger charge is 2.45. The molecule has 0 aromatic carbocycles. The van der Waals surface area contributed by atoms with E-state index in [4.69, 9.17) is 0 Å². The van der Waals surface area contributed by atoms with E-state index in [1.807, 2.05) is 55.4 Å². The lowest BCUT2D eigenvalue weighted by molar-refractivity contribution is -0.161. The van der Waals surface area contributed by atoms with E-state index in [1.165, 1.54) is 9.80 Å². The van der Waals surface area contributed by atoms with E-state index in [-0.39, 0.29) is 47.3 Å². The highest BCUT2D eigenvalue weighted by molar-refractivity contribution is 6.32. The summed E-state index contributed by atoms with van der Waals surface area (Å²) in [5, 5.41) is 26.0. The maximum atomic E-state index is 12.7. The summed E-state index contributed by atoms with van der Waals surface area (Å²) in [5.74, 6) is -5.19. The second-order valence-electron chi connectivity index (χ2n) is 12.5. The number of carbonyl (C=O) groups is 4. The number of nitrogens with one attached hydrogen (secondary N) is 2. The Morgan fingerprint density at radius 2 is 0.853 bits per heavy atom. The summed E-state index contributed by atoms with van der Waals surface area (Å²) in [7, 11) is 0. The van der Waals surface area contributed by atoms with Gasteiger partial charge in [0.25, 0.3) is 0 Å². The van der Waals surface area contributed by atoms with E-state index in [9.17, 15) is 29.4 Å². The largest absolute Gasteiger partial charge is 0.474 e. The minimum absolute atomic E-state index is 0.0498. The fourth-order valence-electron chi connectivity index (χ4n) is 6.34. The monoisotopic (exact) mass is 482 g/mol. The minimum Gasteiger partial charge on any atom is -0.474 e. The Kier molecular flexibility index (Phi) is 7.79. The first-order chi connectivity index (χ1) is 15.2. The van der Waals surface area contributed by atoms with E-state index in [0.717, 1.165) is 0 Å². The van der Waals surface area contributed by atoms with Crippen LogP contribution >= 0.6 is 0 Å². The van der Waals surface area contributed by atoms with Gasteiger partial charge in [0.2, 0.25) is 0 Å². The number of carboxylic acids is 2. The number of carbonyl (C=O) groups excluding carboxylic acids is 2. The fourth-order valence-corrected chi connectivity index (χ4v) is 6.34. The summed E-state index contributed by atoms with van der Waals surface area (Å²) in [4.78, 5) is 51.5. The molecule has 194 valence electrons. The van der Waals surface area contributed by atoms with E-state index < -0.39 is 23.8 Å². The lowest BCUT2D eigenvalue weighted by Gasteiger charge is -2.51. The average molecular weight is 483 g/mol. The molecule has 0 unspecified atom stereocenters. The van der Waals surface area contributed by atoms with Gasteiger partial charge in [0.15, 0.2) is 0 Å². The van der Waals surface area contributed by atoms with Crippen molar-refractivity contribution in [2.45, 2.75) is 115 Å². The maximum absolute atomic E-state index is 12.7. The molecule has 0 atom stereocenters. The molecule has 2 heterocycles. The third-order valence-electron chi connectivity index (χ3n) is 6.69. The summed E-state index contributed by atoms with van der Waals surface area (Å²) in [6.45, 7) is 15.9. The molecule has 2 fully saturated rings. The van der Waals surface area contributed by atoms with Crippen molar-refractivity contribution in [3.05, 3.63) is 0 Å². The van der Waals surface area contributed by atoms with Crippen molar-refractivity contribution in [3.63, 3.8) is 0 Å². The number of nitrogens with zero attached hydrogens (tertiary/aromatic N) is 2. The Morgan fingerprint density at radius 3 is 1.06 bits per heavy atom. The molecule has 0 aromatic heterocycles. The summed E-state index contributed by atoms with van der Waals surface area (Å²) in [6, 6.07) is -0.727. The van der Waals surface area contributed by atoms with Gasteiger partial charge in [-0.3, -0.25) is 9.59 Å². The number of hydrogen-bond donors (Lipinski definition) is 4. The molecule has 0 bridgehead atoms. The van der Waals surface area contributed by atoms with Crippen molar-refractivity contribution in [3.8, 4) is 0 Å². The van der Waals surface area contributed by atoms with Crippen molar-refractivity contribution < 1.29 is 29.4 Å². The zero-order valence-corrected chi connectivity index (χ0v) is 21.8. The first-order valence-electron chi connectivity index (χ1n) is 11.9. The molecule has 34 heavy (non-hydrogen) atoms. The normalized spacial score (nSPS) is 23.6. The predicted molar refractivity (Wildman–Crippen MR) is 127 cm³/mol. The molecule has 2 aliphatic heterocycles. The Morgan fingerprint density at radius 1 is 0.618 bits per heavy atom. The van der Waals surface area contributed by atoms with Crippen LogP contribution in [0.5, 0.6) is 0 Å². The Bertz CT molecular complexity index is 735. The molecule has 2 aliphatic rings. The van der Waals surface area contributed by atoms with E-state index in [2.05, 4.69) is 10.6 Å². The summed E-state index contributed by atoms with van der Waals surface area (Å²) in [6.07, 6.45) is 2.15. The molecule has 2 rings (SSSR count). The smallest absolute Gasteiger partial charge is 0.394 e. The zero-order valence-electron chi connectivity index (χ0n) is 21.8. The molecular weight excluding hydrogens is 440 g/mol. The number of hydrogen-bond acceptors (Lipinski definition) is 6. The minimum atomic E-state index is -1.56. The molecular formula is C24H42N4O6. The standard InChI is InChI=1S/C24H42N4O6/c1-21(2)11-15(12-22(3,4)25-21)27(17(29)19(31)32)9-10-28(18(30)20(33)34)16-13-23(5,6)26-24(7,8)14-16/h15-16,25-26H,9-14H2,1-8H3,(H,31,32)(H,33,34). The Balaban J connectivity index is 2.35. The SMILES string of the molecule is CC1(C)CC(N(CCN(C(=O)C(=O)O)C2CC(C)(C)NC(C)(C)C2)C(=O)C(=O)O)CC(C)(C)N1. The van der Waals surface area contributed by atoms with Crippen molar-refractivity contribution in [2.24, 2.45) is 0 Å². The van der Waals surface area contributed by atoms with E-state index in [1.54, 1.807) is 0 Å². The van der Waals surface area contributed by atoms with Crippen LogP contribution in [-0.4, -0.2) is 91.1 Å². The van der Waals surface area contributed by atoms with Crippen LogP contribution in [0, 0.1) is 0 Å². The Labute approximate surface area is 202 Å². The van der Waals surface area contributed by atoms with Crippen molar-refractivity contribution >= 4 is 23.8 Å². The van der Waals surface area contributed by atoms with Crippen LogP contribution in [0.25, 0.3) is 0 Å². The number of carboxylic acid groups (broad SMARTS) is 2. The maximum Gasteiger partial charge on any atom is 0.394 e. The van der Waals surface area contributed by atoms with Gasteiger partial charge in [0.05, 0.1) is 0 Å². The fraction of sp³-hybridized carbons (Fsp3) is 0.833. The number of amides is 2. The second-order valence-corrected chi connectivity index (χ2v) is 12.5. The van der Waals surface area contributed by atoms with Crippen LogP contribution in [0.1, 0.15) is 81.1 Å². The second kappa shape index (κ2) is 9.45. The first kappa shape index (κ1) is 28.0. The third-order valence-corrected chi connectivity index (χ3v) is 6.69. The van der Waals surface area contributed by atoms with Crippen LogP contribution in [0.2, 0.25) is 0 Å². The van der Waals surface area contributed by atoms with Crippen molar-refractivity contribution in [1.82, 2.24) is 20.4 Å². The predicted octanol–water partition coefficient (Wildman–Crippen LogP) is 1.43. The topological polar surface area (TPSA) is 139 Å². The summed E-state index contributed by atoms with van der Waals surface area (Å²) < 4.78 is 0. The third kappa shape index (κ3) is 7.15. The van der Waals surface area contributed by atoms with Gasteiger partial charge in [-0.15, -0.1) is 0 Å². The molecule has 0 aliphatic carbocycles. The Hall–Kier alpha value is -2.20. The highest BCUT2D eigenvalue weighted by Crippen LogP contribution is 2.33. The quantitative estimate of drug-likeness (QED) is 0.432. The van der Waals surface area contributed by atoms with Gasteiger partial charge >= 0.3 is 23.8 Å². The van der Waals surface area contributed by atoms with Gasteiger partial charge in [-0.2, -0.15) is 0 Å². The lowest BCUT2D eigenvalue weighted by atomic mass is 9.78. The molecule has 0 saturated carbocycles. The first-order valence-corrected chi connectivity index (χ1v) is 11.9. The van der Waals surface area contributed by atoms with E-state index >= 15 is 0 Å².